The van der Waals surface area contributed by atoms with Gasteiger partial charge in [-0.05, 0) is 44.1 Å². The molecule has 0 aliphatic carbocycles. The number of carbonyl (C=O) groups is 2. The second-order valence-corrected chi connectivity index (χ2v) is 8.11. The highest BCUT2D eigenvalue weighted by atomic mass is 35.5. The van der Waals surface area contributed by atoms with Crippen molar-refractivity contribution in [3.05, 3.63) is 50.7 Å². The lowest BCUT2D eigenvalue weighted by Gasteiger charge is -2.33. The summed E-state index contributed by atoms with van der Waals surface area (Å²) in [7, 11) is 0. The fraction of sp³-hybridized carbons (Fsp3) is 0.333. The van der Waals surface area contributed by atoms with Crippen molar-refractivity contribution in [3.8, 4) is 0 Å². The van der Waals surface area contributed by atoms with E-state index in [9.17, 15) is 14.7 Å². The van der Waals surface area contributed by atoms with E-state index in [0.29, 0.717) is 26.0 Å². The van der Waals surface area contributed by atoms with Gasteiger partial charge >= 0.3 is 0 Å². The van der Waals surface area contributed by atoms with E-state index in [0.717, 1.165) is 25.9 Å². The minimum Gasteiger partial charge on any atom is -0.369 e. The first kappa shape index (κ1) is 17.5. The molecular formula is C18H18ClN3O3S. The minimum atomic E-state index is -0.978. The summed E-state index contributed by atoms with van der Waals surface area (Å²) >= 11 is 7.06. The lowest BCUT2D eigenvalue weighted by atomic mass is 10.1. The topological polar surface area (TPSA) is 81.7 Å². The number of amides is 2. The largest absolute Gasteiger partial charge is 0.369 e. The average molecular weight is 392 g/mol. The van der Waals surface area contributed by atoms with Crippen LogP contribution in [0.15, 0.2) is 30.3 Å². The Morgan fingerprint density at radius 2 is 2.04 bits per heavy atom. The molecule has 2 amide bonds. The molecule has 1 fully saturated rings. The number of anilines is 1. The van der Waals surface area contributed by atoms with Crippen LogP contribution in [-0.2, 0) is 0 Å². The third kappa shape index (κ3) is 3.01. The molecule has 0 bridgehead atoms. The Morgan fingerprint density at radius 1 is 1.27 bits per heavy atom. The second-order valence-electron chi connectivity index (χ2n) is 6.39. The number of aliphatic hydroxyl groups is 1. The van der Waals surface area contributed by atoms with Crippen LogP contribution in [0.1, 0.15) is 44.7 Å². The molecule has 6 nitrogen and oxygen atoms in total. The summed E-state index contributed by atoms with van der Waals surface area (Å²) in [5, 5.41) is 16.7. The van der Waals surface area contributed by atoms with Gasteiger partial charge in [0.2, 0.25) is 0 Å². The van der Waals surface area contributed by atoms with Crippen LogP contribution in [-0.4, -0.2) is 41.0 Å². The van der Waals surface area contributed by atoms with Gasteiger partial charge in [0.05, 0.1) is 20.5 Å². The molecule has 2 aliphatic rings. The molecule has 136 valence electrons. The maximum atomic E-state index is 13.0. The Kier molecular flexibility index (Phi) is 4.71. The van der Waals surface area contributed by atoms with Crippen LogP contribution >= 0.6 is 22.9 Å². The molecule has 26 heavy (non-hydrogen) atoms. The molecule has 0 saturated carbocycles. The fourth-order valence-electron chi connectivity index (χ4n) is 3.59. The Hall–Kier alpha value is -1.93. The lowest BCUT2D eigenvalue weighted by molar-refractivity contribution is -0.00919. The number of benzene rings is 1. The number of hydrogen-bond donors (Lipinski definition) is 3. The maximum Gasteiger partial charge on any atom is 0.265 e. The number of piperidine rings is 1. The molecule has 4 rings (SSSR count). The molecule has 1 unspecified atom stereocenters. The van der Waals surface area contributed by atoms with Crippen molar-refractivity contribution in [2.45, 2.75) is 25.1 Å². The first-order valence-corrected chi connectivity index (χ1v) is 9.67. The van der Waals surface area contributed by atoms with Crippen LogP contribution in [0.25, 0.3) is 0 Å². The molecule has 3 heterocycles. The van der Waals surface area contributed by atoms with E-state index in [2.05, 4.69) is 10.6 Å². The van der Waals surface area contributed by atoms with E-state index in [1.54, 1.807) is 35.2 Å². The van der Waals surface area contributed by atoms with Crippen molar-refractivity contribution in [1.29, 1.82) is 0 Å². The molecular weight excluding hydrogens is 374 g/mol. The van der Waals surface area contributed by atoms with Gasteiger partial charge in [-0.1, -0.05) is 23.7 Å². The Labute approximate surface area is 159 Å². The number of hydrogen-bond acceptors (Lipinski definition) is 5. The smallest absolute Gasteiger partial charge is 0.265 e. The summed E-state index contributed by atoms with van der Waals surface area (Å²) in [6, 6.07) is 8.44. The molecule has 1 atom stereocenters. The van der Waals surface area contributed by atoms with Crippen LogP contribution in [0.4, 0.5) is 5.69 Å². The van der Waals surface area contributed by atoms with E-state index >= 15 is 0 Å². The predicted octanol–water partition coefficient (Wildman–Crippen LogP) is 2.85. The standard InChI is InChI=1S/C18H18ClN3O3S/c19-14-5-4-13(26-14)16(23)21-12-3-1-2-11-15(12)18(25)22(17(11)24)10-6-8-20-9-7-10/h1-5,10,17,20,24H,6-9H2,(H,21,23). The SMILES string of the molecule is O=C(Nc1cccc2c1C(=O)N(C1CCNCC1)C2O)c1ccc(Cl)s1. The molecule has 1 aromatic carbocycles. The lowest BCUT2D eigenvalue weighted by Crippen LogP contribution is -2.44. The molecule has 2 aliphatic heterocycles. The van der Waals surface area contributed by atoms with Crippen LogP contribution in [0.5, 0.6) is 0 Å². The summed E-state index contributed by atoms with van der Waals surface area (Å²) in [5.74, 6) is -0.558. The minimum absolute atomic E-state index is 0.00851. The Bertz CT molecular complexity index is 863. The van der Waals surface area contributed by atoms with Crippen molar-refractivity contribution < 1.29 is 14.7 Å². The van der Waals surface area contributed by atoms with E-state index < -0.39 is 6.23 Å². The normalized spacial score (nSPS) is 20.3. The molecule has 3 N–H and O–H groups in total. The summed E-state index contributed by atoms with van der Waals surface area (Å²) < 4.78 is 0.525. The van der Waals surface area contributed by atoms with E-state index in [1.807, 2.05) is 0 Å². The molecule has 0 spiro atoms. The van der Waals surface area contributed by atoms with Crippen molar-refractivity contribution in [2.24, 2.45) is 0 Å². The number of halogens is 1. The van der Waals surface area contributed by atoms with Crippen LogP contribution < -0.4 is 10.6 Å². The van der Waals surface area contributed by atoms with Gasteiger partial charge in [-0.2, -0.15) is 0 Å². The molecule has 1 aromatic heterocycles. The van der Waals surface area contributed by atoms with Crippen molar-refractivity contribution >= 4 is 40.4 Å². The monoisotopic (exact) mass is 391 g/mol. The Morgan fingerprint density at radius 3 is 2.73 bits per heavy atom. The van der Waals surface area contributed by atoms with Gasteiger partial charge < -0.3 is 20.6 Å². The predicted molar refractivity (Wildman–Crippen MR) is 101 cm³/mol. The number of fused-ring (bicyclic) bond motifs is 1. The van der Waals surface area contributed by atoms with Gasteiger partial charge in [0.25, 0.3) is 11.8 Å². The van der Waals surface area contributed by atoms with E-state index in [1.165, 1.54) is 11.3 Å². The number of carbonyl (C=O) groups excluding carboxylic acids is 2. The number of nitrogens with zero attached hydrogens (tertiary/aromatic N) is 1. The molecule has 0 radical (unpaired) electrons. The van der Waals surface area contributed by atoms with Gasteiger partial charge in [0.15, 0.2) is 6.23 Å². The zero-order valence-electron chi connectivity index (χ0n) is 13.9. The first-order valence-electron chi connectivity index (χ1n) is 8.47. The van der Waals surface area contributed by atoms with Gasteiger partial charge in [0, 0.05) is 11.6 Å². The average Bonchev–Trinajstić information content (AvgIpc) is 3.18. The third-order valence-electron chi connectivity index (χ3n) is 4.83. The molecule has 2 aromatic rings. The van der Waals surface area contributed by atoms with Crippen molar-refractivity contribution in [1.82, 2.24) is 10.2 Å². The van der Waals surface area contributed by atoms with Gasteiger partial charge in [-0.3, -0.25) is 9.59 Å². The number of rotatable bonds is 3. The summed E-state index contributed by atoms with van der Waals surface area (Å²) in [5.41, 5.74) is 1.32. The highest BCUT2D eigenvalue weighted by molar-refractivity contribution is 7.18. The number of nitrogens with one attached hydrogen (secondary N) is 2. The zero-order valence-corrected chi connectivity index (χ0v) is 15.4. The number of thiophene rings is 1. The highest BCUT2D eigenvalue weighted by Crippen LogP contribution is 2.39. The summed E-state index contributed by atoms with van der Waals surface area (Å²) in [6.45, 7) is 1.64. The maximum absolute atomic E-state index is 13.0. The fourth-order valence-corrected chi connectivity index (χ4v) is 4.53. The Balaban J connectivity index is 1.63. The van der Waals surface area contributed by atoms with Gasteiger partial charge in [-0.25, -0.2) is 0 Å². The first-order chi connectivity index (χ1) is 12.6. The summed E-state index contributed by atoms with van der Waals surface area (Å²) in [6.07, 6.45) is 0.617. The van der Waals surface area contributed by atoms with Crippen LogP contribution in [0.2, 0.25) is 4.34 Å². The molecule has 8 heteroatoms. The van der Waals surface area contributed by atoms with Gasteiger partial charge in [0.1, 0.15) is 0 Å². The van der Waals surface area contributed by atoms with Crippen molar-refractivity contribution in [2.75, 3.05) is 18.4 Å². The number of aliphatic hydroxyl groups excluding tert-OH is 1. The van der Waals surface area contributed by atoms with Crippen molar-refractivity contribution in [3.63, 3.8) is 0 Å². The zero-order chi connectivity index (χ0) is 18.3. The second kappa shape index (κ2) is 7.00. The van der Waals surface area contributed by atoms with Crippen LogP contribution in [0.3, 0.4) is 0 Å². The summed E-state index contributed by atoms with van der Waals surface area (Å²) in [4.78, 5) is 27.5. The van der Waals surface area contributed by atoms with E-state index in [-0.39, 0.29) is 17.9 Å². The quantitative estimate of drug-likeness (QED) is 0.751. The third-order valence-corrected chi connectivity index (χ3v) is 6.06. The van der Waals surface area contributed by atoms with Gasteiger partial charge in [-0.15, -0.1) is 11.3 Å². The highest BCUT2D eigenvalue weighted by Gasteiger charge is 2.41. The molecule has 1 saturated heterocycles. The van der Waals surface area contributed by atoms with Crippen LogP contribution in [0, 0.1) is 0 Å². The van der Waals surface area contributed by atoms with E-state index in [4.69, 9.17) is 11.6 Å².